The van der Waals surface area contributed by atoms with Gasteiger partial charge in [0, 0.05) is 26.9 Å². The van der Waals surface area contributed by atoms with Crippen molar-refractivity contribution in [3.8, 4) is 0 Å². The number of rotatable bonds is 24. The van der Waals surface area contributed by atoms with Crippen molar-refractivity contribution in [3.05, 3.63) is 0 Å². The maximum atomic E-state index is 5.93. The molecule has 0 amide bonds. The van der Waals surface area contributed by atoms with Gasteiger partial charge in [0.05, 0.1) is 6.04 Å². The molecule has 0 aromatic carbocycles. The Kier molecular flexibility index (Phi) is 25.9. The van der Waals surface area contributed by atoms with Crippen LogP contribution in [-0.2, 0) is 13.3 Å². The minimum absolute atomic E-state index is 0. The molecule has 3 atom stereocenters. The number of hydrogen-bond acceptors (Lipinski definition) is 3. The summed E-state index contributed by atoms with van der Waals surface area (Å²) in [6, 6.07) is 0.568. The molecule has 3 unspecified atom stereocenters. The zero-order valence-electron chi connectivity index (χ0n) is 23.3. The number of unbranched alkanes of at least 4 members (excludes halogenated alkanes) is 11. The molecule has 0 aromatic rings. The van der Waals surface area contributed by atoms with Crippen molar-refractivity contribution in [1.29, 1.82) is 0 Å². The quantitative estimate of drug-likeness (QED) is 0.153. The minimum Gasteiger partial charge on any atom is -1.00 e. The van der Waals surface area contributed by atoms with Crippen LogP contribution in [0.15, 0.2) is 0 Å². The van der Waals surface area contributed by atoms with Crippen molar-refractivity contribution in [3.63, 3.8) is 0 Å². The summed E-state index contributed by atoms with van der Waals surface area (Å²) in [4.78, 5) is 0. The topological polar surface area (TPSA) is 55.3 Å². The Morgan fingerprint density at radius 3 is 1.42 bits per heavy atom. The lowest BCUT2D eigenvalue weighted by atomic mass is 9.89. The third-order valence-electron chi connectivity index (χ3n) is 7.41. The zero-order valence-corrected chi connectivity index (χ0v) is 25.0. The average molecular weight is 510 g/mol. The second-order valence-electron chi connectivity index (χ2n) is 9.90. The third-order valence-corrected chi connectivity index (χ3v) is 10.9. The molecule has 0 heterocycles. The van der Waals surface area contributed by atoms with Gasteiger partial charge in [-0.1, -0.05) is 104 Å². The smallest absolute Gasteiger partial charge is 0.503 e. The van der Waals surface area contributed by atoms with Crippen molar-refractivity contribution >= 4 is 8.80 Å². The Bertz CT molecular complexity index is 391. The largest absolute Gasteiger partial charge is 1.00 e. The van der Waals surface area contributed by atoms with Gasteiger partial charge < -0.3 is 31.4 Å². The third kappa shape index (κ3) is 15.9. The SMILES string of the molecule is CCCCCCCCCCC([NH3+])CCC(CCCCCCC)C(CC)[Si](OC)(OC)OC.[Cl-]. The van der Waals surface area contributed by atoms with Crippen LogP contribution in [-0.4, -0.2) is 36.2 Å². The molecule has 6 heteroatoms. The Labute approximate surface area is 215 Å². The van der Waals surface area contributed by atoms with Gasteiger partial charge >= 0.3 is 8.80 Å². The van der Waals surface area contributed by atoms with E-state index < -0.39 is 8.80 Å². The first kappa shape index (κ1) is 35.5. The molecule has 0 radical (unpaired) electrons. The van der Waals surface area contributed by atoms with Gasteiger partial charge in [-0.3, -0.25) is 0 Å². The van der Waals surface area contributed by atoms with E-state index in [1.807, 2.05) is 0 Å². The van der Waals surface area contributed by atoms with Gasteiger partial charge in [0.25, 0.3) is 0 Å². The summed E-state index contributed by atoms with van der Waals surface area (Å²) >= 11 is 0. The van der Waals surface area contributed by atoms with Crippen molar-refractivity contribution in [2.45, 2.75) is 148 Å². The summed E-state index contributed by atoms with van der Waals surface area (Å²) in [6.45, 7) is 6.85. The predicted octanol–water partition coefficient (Wildman–Crippen LogP) is 4.55. The van der Waals surface area contributed by atoms with Crippen LogP contribution in [0.5, 0.6) is 0 Å². The van der Waals surface area contributed by atoms with Gasteiger partial charge in [0.15, 0.2) is 0 Å². The number of halogens is 1. The van der Waals surface area contributed by atoms with Crippen LogP contribution in [0.25, 0.3) is 0 Å². The maximum Gasteiger partial charge on any atom is 0.503 e. The van der Waals surface area contributed by atoms with Crippen LogP contribution in [0, 0.1) is 5.92 Å². The lowest BCUT2D eigenvalue weighted by Gasteiger charge is -2.37. The summed E-state index contributed by atoms with van der Waals surface area (Å²) in [6.07, 6.45) is 23.8. The van der Waals surface area contributed by atoms with Crippen LogP contribution in [0.4, 0.5) is 0 Å². The second kappa shape index (κ2) is 24.1. The molecule has 4 nitrogen and oxygen atoms in total. The highest BCUT2D eigenvalue weighted by atomic mass is 35.5. The van der Waals surface area contributed by atoms with E-state index in [4.69, 9.17) is 13.3 Å². The van der Waals surface area contributed by atoms with Gasteiger partial charge in [-0.15, -0.1) is 0 Å². The van der Waals surface area contributed by atoms with E-state index in [-0.39, 0.29) is 12.4 Å². The first-order valence-electron chi connectivity index (χ1n) is 14.0. The van der Waals surface area contributed by atoms with Crippen molar-refractivity contribution in [2.75, 3.05) is 21.3 Å². The van der Waals surface area contributed by atoms with Crippen LogP contribution in [0.2, 0.25) is 5.54 Å². The molecular formula is C27H60ClNO3Si. The predicted molar refractivity (Wildman–Crippen MR) is 141 cm³/mol. The molecule has 0 spiro atoms. The highest BCUT2D eigenvalue weighted by Gasteiger charge is 2.49. The highest BCUT2D eigenvalue weighted by Crippen LogP contribution is 2.40. The van der Waals surface area contributed by atoms with Gasteiger partial charge in [-0.05, 0) is 38.0 Å². The standard InChI is InChI=1S/C27H59NO3Si.ClH/c1-7-10-12-14-15-16-18-20-22-26(28)24-23-25(21-19-17-13-11-8-2)27(9-3)32(29-4,30-5)31-6;/h25-27H,7-24,28H2,1-6H3;1H. The molecule has 0 aliphatic heterocycles. The highest BCUT2D eigenvalue weighted by molar-refractivity contribution is 6.62. The second-order valence-corrected chi connectivity index (χ2v) is 13.1. The van der Waals surface area contributed by atoms with E-state index in [1.165, 1.54) is 109 Å². The molecule has 0 aliphatic rings. The van der Waals surface area contributed by atoms with Crippen molar-refractivity contribution < 1.29 is 31.4 Å². The molecular weight excluding hydrogens is 450 g/mol. The first-order valence-corrected chi connectivity index (χ1v) is 15.8. The van der Waals surface area contributed by atoms with Crippen LogP contribution < -0.4 is 18.1 Å². The zero-order chi connectivity index (χ0) is 24.1. The lowest BCUT2D eigenvalue weighted by Crippen LogP contribution is -3.00. The van der Waals surface area contributed by atoms with E-state index in [0.29, 0.717) is 17.5 Å². The summed E-state index contributed by atoms with van der Waals surface area (Å²) < 4.78 is 17.8. The molecule has 3 N–H and O–H groups in total. The number of quaternary nitrogens is 1. The van der Waals surface area contributed by atoms with E-state index in [0.717, 1.165) is 6.42 Å². The fourth-order valence-corrected chi connectivity index (χ4v) is 8.11. The minimum atomic E-state index is -2.63. The van der Waals surface area contributed by atoms with Crippen molar-refractivity contribution in [2.24, 2.45) is 5.92 Å². The van der Waals surface area contributed by atoms with Gasteiger partial charge in [0.2, 0.25) is 0 Å². The molecule has 0 saturated heterocycles. The monoisotopic (exact) mass is 509 g/mol. The Hall–Kier alpha value is 0.347. The first-order chi connectivity index (χ1) is 15.5. The molecule has 33 heavy (non-hydrogen) atoms. The van der Waals surface area contributed by atoms with E-state index in [9.17, 15) is 0 Å². The maximum absolute atomic E-state index is 5.93. The molecule has 0 aromatic heterocycles. The fourth-order valence-electron chi connectivity index (χ4n) is 5.29. The van der Waals surface area contributed by atoms with Crippen LogP contribution >= 0.6 is 0 Å². The van der Waals surface area contributed by atoms with Crippen LogP contribution in [0.1, 0.15) is 136 Å². The van der Waals surface area contributed by atoms with E-state index in [2.05, 4.69) is 26.5 Å². The molecule has 0 aliphatic carbocycles. The van der Waals surface area contributed by atoms with Gasteiger partial charge in [-0.2, -0.15) is 0 Å². The fraction of sp³-hybridized carbons (Fsp3) is 1.00. The summed E-state index contributed by atoms with van der Waals surface area (Å²) in [5.74, 6) is 0.607. The lowest BCUT2D eigenvalue weighted by molar-refractivity contribution is -0.423. The summed E-state index contributed by atoms with van der Waals surface area (Å²) in [5, 5.41) is 0. The van der Waals surface area contributed by atoms with Crippen LogP contribution in [0.3, 0.4) is 0 Å². The Morgan fingerprint density at radius 2 is 1.00 bits per heavy atom. The average Bonchev–Trinajstić information content (AvgIpc) is 2.81. The molecule has 0 bridgehead atoms. The van der Waals surface area contributed by atoms with E-state index >= 15 is 0 Å². The normalized spacial score (nSPS) is 14.6. The molecule has 202 valence electrons. The van der Waals surface area contributed by atoms with Gasteiger partial charge in [0.1, 0.15) is 0 Å². The molecule has 0 fully saturated rings. The molecule has 0 rings (SSSR count). The van der Waals surface area contributed by atoms with Gasteiger partial charge in [-0.25, -0.2) is 0 Å². The molecule has 0 saturated carbocycles. The summed E-state index contributed by atoms with van der Waals surface area (Å²) in [7, 11) is 2.68. The Balaban J connectivity index is 0. The summed E-state index contributed by atoms with van der Waals surface area (Å²) in [5.41, 5.74) is 4.89. The number of hydrogen-bond donors (Lipinski definition) is 1. The van der Waals surface area contributed by atoms with E-state index in [1.54, 1.807) is 21.3 Å². The van der Waals surface area contributed by atoms with Crippen molar-refractivity contribution in [1.82, 2.24) is 0 Å². The Morgan fingerprint density at radius 1 is 0.576 bits per heavy atom.